The SMILES string of the molecule is CC1=CCN=c2cc3c(cc21)=C(C)CC(C)(C)O3. The first-order valence-corrected chi connectivity index (χ1v) is 6.51. The lowest BCUT2D eigenvalue weighted by molar-refractivity contribution is 0.107. The molecule has 0 aliphatic carbocycles. The minimum atomic E-state index is -0.106. The van der Waals surface area contributed by atoms with Gasteiger partial charge in [-0.1, -0.05) is 11.6 Å². The highest BCUT2D eigenvalue weighted by molar-refractivity contribution is 5.67. The first-order valence-electron chi connectivity index (χ1n) is 6.51. The number of fused-ring (bicyclic) bond motifs is 2. The molecular formula is C16H19NO. The number of ether oxygens (including phenoxy) is 1. The zero-order chi connectivity index (χ0) is 12.9. The molecule has 0 radical (unpaired) electrons. The first kappa shape index (κ1) is 11.5. The largest absolute Gasteiger partial charge is 0.487 e. The predicted octanol–water partition coefficient (Wildman–Crippen LogP) is 2.45. The molecule has 0 unspecified atom stereocenters. The highest BCUT2D eigenvalue weighted by Gasteiger charge is 2.26. The second kappa shape index (κ2) is 3.71. The van der Waals surface area contributed by atoms with Crippen molar-refractivity contribution in [2.45, 2.75) is 39.7 Å². The zero-order valence-electron chi connectivity index (χ0n) is 11.5. The van der Waals surface area contributed by atoms with E-state index in [1.54, 1.807) is 0 Å². The quantitative estimate of drug-likeness (QED) is 0.683. The molecule has 3 rings (SSSR count). The van der Waals surface area contributed by atoms with Gasteiger partial charge >= 0.3 is 0 Å². The molecule has 2 aliphatic rings. The molecule has 0 saturated heterocycles. The van der Waals surface area contributed by atoms with Crippen molar-refractivity contribution in [1.29, 1.82) is 0 Å². The zero-order valence-corrected chi connectivity index (χ0v) is 11.5. The summed E-state index contributed by atoms with van der Waals surface area (Å²) in [5.41, 5.74) is 3.87. The maximum Gasteiger partial charge on any atom is 0.129 e. The fourth-order valence-corrected chi connectivity index (χ4v) is 2.89. The van der Waals surface area contributed by atoms with Crippen molar-refractivity contribution in [1.82, 2.24) is 0 Å². The lowest BCUT2D eigenvalue weighted by Crippen LogP contribution is -2.37. The van der Waals surface area contributed by atoms with Crippen LogP contribution in [0.25, 0.3) is 11.1 Å². The fourth-order valence-electron chi connectivity index (χ4n) is 2.89. The summed E-state index contributed by atoms with van der Waals surface area (Å²) < 4.78 is 6.09. The Kier molecular flexibility index (Phi) is 2.37. The second-order valence-corrected chi connectivity index (χ2v) is 5.91. The highest BCUT2D eigenvalue weighted by Crippen LogP contribution is 2.27. The molecule has 2 aliphatic heterocycles. The molecule has 1 aromatic rings. The highest BCUT2D eigenvalue weighted by atomic mass is 16.5. The maximum atomic E-state index is 6.09. The maximum absolute atomic E-state index is 6.09. The molecule has 1 aromatic carbocycles. The van der Waals surface area contributed by atoms with Crippen LogP contribution in [0, 0.1) is 0 Å². The molecule has 0 spiro atoms. The standard InChI is InChI=1S/C16H19NO/c1-10-5-6-17-14-8-15-13(7-12(10)14)11(2)9-16(3,4)18-15/h5,7-8H,6,9H2,1-4H3. The van der Waals surface area contributed by atoms with Gasteiger partial charge in [-0.3, -0.25) is 4.99 Å². The molecule has 0 N–H and O–H groups in total. The van der Waals surface area contributed by atoms with E-state index >= 15 is 0 Å². The van der Waals surface area contributed by atoms with Gasteiger partial charge in [-0.05, 0) is 39.3 Å². The normalized spacial score (nSPS) is 20.2. The average Bonchev–Trinajstić information content (AvgIpc) is 2.26. The molecule has 0 amide bonds. The Balaban J connectivity index is 2.30. The number of hydrogen-bond donors (Lipinski definition) is 0. The average molecular weight is 241 g/mol. The lowest BCUT2D eigenvalue weighted by atomic mass is 9.92. The van der Waals surface area contributed by atoms with Gasteiger partial charge in [-0.25, -0.2) is 0 Å². The predicted molar refractivity (Wildman–Crippen MR) is 74.1 cm³/mol. The van der Waals surface area contributed by atoms with Crippen molar-refractivity contribution in [3.8, 4) is 5.75 Å². The van der Waals surface area contributed by atoms with E-state index in [4.69, 9.17) is 4.74 Å². The van der Waals surface area contributed by atoms with Crippen LogP contribution in [-0.2, 0) is 0 Å². The molecule has 0 aromatic heterocycles. The van der Waals surface area contributed by atoms with Crippen LogP contribution in [-0.4, -0.2) is 12.1 Å². The number of benzene rings is 1. The number of allylic oxidation sites excluding steroid dienone is 1. The van der Waals surface area contributed by atoms with Gasteiger partial charge in [0.15, 0.2) is 0 Å². The molecule has 18 heavy (non-hydrogen) atoms. The Labute approximate surface area is 108 Å². The smallest absolute Gasteiger partial charge is 0.129 e. The van der Waals surface area contributed by atoms with Gasteiger partial charge in [-0.15, -0.1) is 0 Å². The van der Waals surface area contributed by atoms with Crippen molar-refractivity contribution < 1.29 is 4.74 Å². The van der Waals surface area contributed by atoms with E-state index in [2.05, 4.69) is 50.9 Å². The molecular weight excluding hydrogens is 222 g/mol. The van der Waals surface area contributed by atoms with Crippen molar-refractivity contribution >= 4 is 11.1 Å². The lowest BCUT2D eigenvalue weighted by Gasteiger charge is -2.31. The summed E-state index contributed by atoms with van der Waals surface area (Å²) >= 11 is 0. The Morgan fingerprint density at radius 1 is 1.22 bits per heavy atom. The monoisotopic (exact) mass is 241 g/mol. The van der Waals surface area contributed by atoms with Crippen molar-refractivity contribution in [3.05, 3.63) is 34.3 Å². The topological polar surface area (TPSA) is 21.6 Å². The van der Waals surface area contributed by atoms with Gasteiger partial charge in [0.1, 0.15) is 11.4 Å². The van der Waals surface area contributed by atoms with Crippen molar-refractivity contribution in [2.24, 2.45) is 4.99 Å². The molecule has 0 atom stereocenters. The molecule has 0 bridgehead atoms. The van der Waals surface area contributed by atoms with Crippen molar-refractivity contribution in [2.75, 3.05) is 6.54 Å². The van der Waals surface area contributed by atoms with E-state index in [1.807, 2.05) is 0 Å². The summed E-state index contributed by atoms with van der Waals surface area (Å²) in [6.45, 7) is 9.42. The summed E-state index contributed by atoms with van der Waals surface area (Å²) in [7, 11) is 0. The fraction of sp³-hybridized carbons (Fsp3) is 0.438. The molecule has 0 saturated carbocycles. The summed E-state index contributed by atoms with van der Waals surface area (Å²) in [4.78, 5) is 4.56. The molecule has 2 nitrogen and oxygen atoms in total. The Morgan fingerprint density at radius 3 is 2.78 bits per heavy atom. The Bertz CT molecular complexity index is 665. The van der Waals surface area contributed by atoms with Gasteiger partial charge in [0.05, 0.1) is 11.9 Å². The van der Waals surface area contributed by atoms with E-state index in [9.17, 15) is 0 Å². The molecule has 2 heterocycles. The minimum absolute atomic E-state index is 0.106. The van der Waals surface area contributed by atoms with Crippen LogP contribution < -0.4 is 15.3 Å². The van der Waals surface area contributed by atoms with Crippen LogP contribution >= 0.6 is 0 Å². The van der Waals surface area contributed by atoms with Gasteiger partial charge in [0, 0.05) is 23.3 Å². The third-order valence-corrected chi connectivity index (χ3v) is 3.72. The second-order valence-electron chi connectivity index (χ2n) is 5.91. The Hall–Kier alpha value is -1.57. The van der Waals surface area contributed by atoms with E-state index in [0.29, 0.717) is 0 Å². The first-order chi connectivity index (χ1) is 8.46. The Morgan fingerprint density at radius 2 is 2.00 bits per heavy atom. The van der Waals surface area contributed by atoms with E-state index in [0.717, 1.165) is 24.1 Å². The van der Waals surface area contributed by atoms with E-state index < -0.39 is 0 Å². The van der Waals surface area contributed by atoms with E-state index in [-0.39, 0.29) is 5.60 Å². The van der Waals surface area contributed by atoms with E-state index in [1.165, 1.54) is 21.9 Å². The van der Waals surface area contributed by atoms with Gasteiger partial charge in [0.25, 0.3) is 0 Å². The number of rotatable bonds is 0. The third-order valence-electron chi connectivity index (χ3n) is 3.72. The summed E-state index contributed by atoms with van der Waals surface area (Å²) in [6.07, 6.45) is 3.16. The van der Waals surface area contributed by atoms with Crippen LogP contribution in [0.3, 0.4) is 0 Å². The summed E-state index contributed by atoms with van der Waals surface area (Å²) in [6, 6.07) is 4.34. The summed E-state index contributed by atoms with van der Waals surface area (Å²) in [5, 5.41) is 2.32. The van der Waals surface area contributed by atoms with Gasteiger partial charge in [0.2, 0.25) is 0 Å². The van der Waals surface area contributed by atoms with Crippen LogP contribution in [0.15, 0.2) is 23.2 Å². The number of hydrogen-bond acceptors (Lipinski definition) is 2. The molecule has 2 heteroatoms. The van der Waals surface area contributed by atoms with Crippen LogP contribution in [0.2, 0.25) is 0 Å². The van der Waals surface area contributed by atoms with Gasteiger partial charge < -0.3 is 4.74 Å². The van der Waals surface area contributed by atoms with Crippen LogP contribution in [0.4, 0.5) is 0 Å². The summed E-state index contributed by atoms with van der Waals surface area (Å²) in [5.74, 6) is 0.987. The van der Waals surface area contributed by atoms with Crippen molar-refractivity contribution in [3.63, 3.8) is 0 Å². The van der Waals surface area contributed by atoms with Crippen LogP contribution in [0.1, 0.15) is 39.7 Å². The molecule has 94 valence electrons. The molecule has 0 fully saturated rings. The minimum Gasteiger partial charge on any atom is -0.487 e. The third kappa shape index (κ3) is 1.76. The van der Waals surface area contributed by atoms with Crippen LogP contribution in [0.5, 0.6) is 5.75 Å². The number of nitrogens with zero attached hydrogens (tertiary/aromatic N) is 1. The van der Waals surface area contributed by atoms with Gasteiger partial charge in [-0.2, -0.15) is 0 Å².